The molecule has 0 spiro atoms. The monoisotopic (exact) mass is 446 g/mol. The first kappa shape index (κ1) is 18.9. The van der Waals surface area contributed by atoms with Crippen molar-refractivity contribution in [1.29, 1.82) is 0 Å². The molecule has 1 fully saturated rings. The fourth-order valence-electron chi connectivity index (χ4n) is 3.30. The van der Waals surface area contributed by atoms with E-state index in [-0.39, 0.29) is 17.2 Å². The highest BCUT2D eigenvalue weighted by molar-refractivity contribution is 9.10. The minimum atomic E-state index is -0.438. The number of hydrogen-bond donors (Lipinski definition) is 1. The lowest BCUT2D eigenvalue weighted by Gasteiger charge is -2.33. The molecular weight excluding hydrogens is 428 g/mol. The van der Waals surface area contributed by atoms with Gasteiger partial charge in [0.05, 0.1) is 30.9 Å². The van der Waals surface area contributed by atoms with Crippen LogP contribution >= 0.6 is 15.9 Å². The summed E-state index contributed by atoms with van der Waals surface area (Å²) in [5.74, 6) is 0.318. The first-order chi connectivity index (χ1) is 13.6. The molecule has 0 aliphatic carbocycles. The van der Waals surface area contributed by atoms with Crippen LogP contribution in [-0.4, -0.2) is 43.7 Å². The lowest BCUT2D eigenvalue weighted by Crippen LogP contribution is -2.43. The highest BCUT2D eigenvalue weighted by Crippen LogP contribution is 2.22. The third-order valence-corrected chi connectivity index (χ3v) is 5.22. The number of nitrogens with one attached hydrogen (secondary N) is 1. The zero-order valence-electron chi connectivity index (χ0n) is 15.0. The number of ether oxygens (including phenoxy) is 1. The summed E-state index contributed by atoms with van der Waals surface area (Å²) in [6.45, 7) is 3.11. The first-order valence-electron chi connectivity index (χ1n) is 8.98. The Morgan fingerprint density at radius 3 is 2.79 bits per heavy atom. The predicted molar refractivity (Wildman–Crippen MR) is 106 cm³/mol. The summed E-state index contributed by atoms with van der Waals surface area (Å²) in [5.41, 5.74) is 0.111. The molecule has 1 saturated heterocycles. The Labute approximate surface area is 169 Å². The van der Waals surface area contributed by atoms with E-state index >= 15 is 0 Å². The summed E-state index contributed by atoms with van der Waals surface area (Å²) in [5, 5.41) is 3.29. The smallest absolute Gasteiger partial charge is 0.287 e. The van der Waals surface area contributed by atoms with Crippen molar-refractivity contribution in [3.8, 4) is 0 Å². The van der Waals surface area contributed by atoms with Gasteiger partial charge in [0.25, 0.3) is 5.91 Å². The van der Waals surface area contributed by atoms with Crippen molar-refractivity contribution in [2.75, 3.05) is 32.8 Å². The van der Waals surface area contributed by atoms with E-state index in [9.17, 15) is 9.59 Å². The second kappa shape index (κ2) is 8.30. The van der Waals surface area contributed by atoms with Crippen molar-refractivity contribution < 1.29 is 18.4 Å². The number of carbonyl (C=O) groups is 1. The number of halogens is 1. The molecule has 1 N–H and O–H groups in total. The molecule has 0 unspecified atom stereocenters. The van der Waals surface area contributed by atoms with Crippen molar-refractivity contribution in [3.05, 3.63) is 68.9 Å². The van der Waals surface area contributed by atoms with E-state index in [1.807, 2.05) is 12.1 Å². The van der Waals surface area contributed by atoms with Gasteiger partial charge in [-0.2, -0.15) is 0 Å². The molecule has 1 amide bonds. The van der Waals surface area contributed by atoms with Gasteiger partial charge in [-0.3, -0.25) is 14.5 Å². The molecule has 4 rings (SSSR count). The average molecular weight is 447 g/mol. The third-order valence-electron chi connectivity index (χ3n) is 4.73. The van der Waals surface area contributed by atoms with Gasteiger partial charge in [-0.25, -0.2) is 0 Å². The summed E-state index contributed by atoms with van der Waals surface area (Å²) in [6.07, 6.45) is 1.62. The molecule has 3 heterocycles. The van der Waals surface area contributed by atoms with Gasteiger partial charge in [0.15, 0.2) is 11.2 Å². The molecule has 1 aliphatic heterocycles. The predicted octanol–water partition coefficient (Wildman–Crippen LogP) is 2.95. The maximum Gasteiger partial charge on any atom is 0.287 e. The molecule has 1 atom stereocenters. The molecule has 146 valence electrons. The van der Waals surface area contributed by atoms with Crippen LogP contribution in [0.5, 0.6) is 0 Å². The SMILES string of the molecule is O=C(NC[C@@H](c1ccco1)N1CCOCC1)c1cc(=O)c2cc(Br)ccc2o1. The van der Waals surface area contributed by atoms with E-state index in [0.717, 1.165) is 23.3 Å². The molecule has 0 bridgehead atoms. The van der Waals surface area contributed by atoms with Crippen molar-refractivity contribution in [1.82, 2.24) is 10.2 Å². The zero-order chi connectivity index (χ0) is 19.5. The van der Waals surface area contributed by atoms with Gasteiger partial charge in [-0.1, -0.05) is 15.9 Å². The van der Waals surface area contributed by atoms with Gasteiger partial charge in [0, 0.05) is 30.2 Å². The van der Waals surface area contributed by atoms with Crippen LogP contribution in [0.2, 0.25) is 0 Å². The zero-order valence-corrected chi connectivity index (χ0v) is 16.6. The lowest BCUT2D eigenvalue weighted by atomic mass is 10.1. The Bertz CT molecular complexity index is 1020. The maximum atomic E-state index is 12.6. The fourth-order valence-corrected chi connectivity index (χ4v) is 3.66. The summed E-state index contributed by atoms with van der Waals surface area (Å²) in [4.78, 5) is 27.2. The molecule has 8 heteroatoms. The Balaban J connectivity index is 1.53. The molecule has 0 saturated carbocycles. The van der Waals surface area contributed by atoms with Crippen LogP contribution in [0.3, 0.4) is 0 Å². The number of amides is 1. The molecule has 28 heavy (non-hydrogen) atoms. The molecule has 1 aliphatic rings. The molecule has 7 nitrogen and oxygen atoms in total. The Morgan fingerprint density at radius 1 is 1.21 bits per heavy atom. The summed E-state index contributed by atoms with van der Waals surface area (Å²) in [7, 11) is 0. The van der Waals surface area contributed by atoms with Gasteiger partial charge in [0.2, 0.25) is 0 Å². The van der Waals surface area contributed by atoms with Crippen LogP contribution in [0.4, 0.5) is 0 Å². The Kier molecular flexibility index (Phi) is 5.61. The molecule has 0 radical (unpaired) electrons. The largest absolute Gasteiger partial charge is 0.468 e. The standard InChI is InChI=1S/C20H19BrN2O5/c21-13-3-4-17-14(10-13)16(24)11-19(28-17)20(25)22-12-15(18-2-1-7-27-18)23-5-8-26-9-6-23/h1-4,7,10-11,15H,5-6,8-9,12H2,(H,22,25)/t15-/m0/s1. The van der Waals surface area contributed by atoms with Crippen LogP contribution in [0, 0.1) is 0 Å². The van der Waals surface area contributed by atoms with Crippen molar-refractivity contribution >= 4 is 32.8 Å². The summed E-state index contributed by atoms with van der Waals surface area (Å²) in [6, 6.07) is 9.92. The normalized spacial score (nSPS) is 16.2. The van der Waals surface area contributed by atoms with Crippen LogP contribution in [0.15, 0.2) is 60.8 Å². The first-order valence-corrected chi connectivity index (χ1v) is 9.78. The van der Waals surface area contributed by atoms with E-state index in [1.54, 1.807) is 24.5 Å². The van der Waals surface area contributed by atoms with Crippen LogP contribution in [0.1, 0.15) is 22.4 Å². The van der Waals surface area contributed by atoms with Gasteiger partial charge in [-0.05, 0) is 30.3 Å². The second-order valence-electron chi connectivity index (χ2n) is 6.50. The van der Waals surface area contributed by atoms with E-state index in [0.29, 0.717) is 30.7 Å². The van der Waals surface area contributed by atoms with Crippen molar-refractivity contribution in [2.24, 2.45) is 0 Å². The molecular formula is C20H19BrN2O5. The van der Waals surface area contributed by atoms with Gasteiger partial charge in [-0.15, -0.1) is 0 Å². The van der Waals surface area contributed by atoms with Gasteiger partial charge >= 0.3 is 0 Å². The van der Waals surface area contributed by atoms with Crippen molar-refractivity contribution in [3.63, 3.8) is 0 Å². The van der Waals surface area contributed by atoms with Crippen LogP contribution in [0.25, 0.3) is 11.0 Å². The summed E-state index contributed by atoms with van der Waals surface area (Å²) < 4.78 is 17.4. The molecule has 3 aromatic rings. The van der Waals surface area contributed by atoms with E-state index in [1.165, 1.54) is 6.07 Å². The van der Waals surface area contributed by atoms with E-state index in [2.05, 4.69) is 26.1 Å². The lowest BCUT2D eigenvalue weighted by molar-refractivity contribution is 0.0117. The average Bonchev–Trinajstić information content (AvgIpc) is 3.24. The number of furan rings is 1. The maximum absolute atomic E-state index is 12.6. The molecule has 1 aromatic carbocycles. The number of fused-ring (bicyclic) bond motifs is 1. The minimum Gasteiger partial charge on any atom is -0.468 e. The topological polar surface area (TPSA) is 84.9 Å². The van der Waals surface area contributed by atoms with Crippen LogP contribution < -0.4 is 10.7 Å². The summed E-state index contributed by atoms with van der Waals surface area (Å²) >= 11 is 3.33. The minimum absolute atomic E-state index is 0.0139. The van der Waals surface area contributed by atoms with Gasteiger partial charge in [0.1, 0.15) is 11.3 Å². The Hall–Kier alpha value is -2.42. The number of carbonyl (C=O) groups excluding carboxylic acids is 1. The highest BCUT2D eigenvalue weighted by atomic mass is 79.9. The van der Waals surface area contributed by atoms with E-state index in [4.69, 9.17) is 13.6 Å². The third kappa shape index (κ3) is 4.04. The van der Waals surface area contributed by atoms with E-state index < -0.39 is 5.91 Å². The number of morpholine rings is 1. The van der Waals surface area contributed by atoms with Crippen molar-refractivity contribution in [2.45, 2.75) is 6.04 Å². The van der Waals surface area contributed by atoms with Gasteiger partial charge < -0.3 is 18.9 Å². The number of nitrogens with zero attached hydrogens (tertiary/aromatic N) is 1. The molecule has 2 aromatic heterocycles. The fraction of sp³-hybridized carbons (Fsp3) is 0.300. The number of hydrogen-bond acceptors (Lipinski definition) is 6. The highest BCUT2D eigenvalue weighted by Gasteiger charge is 2.26. The quantitative estimate of drug-likeness (QED) is 0.648. The number of benzene rings is 1. The second-order valence-corrected chi connectivity index (χ2v) is 7.42. The Morgan fingerprint density at radius 2 is 2.04 bits per heavy atom. The number of rotatable bonds is 5. The van der Waals surface area contributed by atoms with Crippen LogP contribution in [-0.2, 0) is 4.74 Å².